The highest BCUT2D eigenvalue weighted by molar-refractivity contribution is 7.09. The molecule has 20 heavy (non-hydrogen) atoms. The van der Waals surface area contributed by atoms with Gasteiger partial charge in [-0.3, -0.25) is 0 Å². The molecule has 1 atom stereocenters. The summed E-state index contributed by atoms with van der Waals surface area (Å²) in [4.78, 5) is 13.1. The molecular formula is C13H19N5OS. The van der Waals surface area contributed by atoms with Crippen molar-refractivity contribution in [1.82, 2.24) is 15.0 Å². The molecule has 0 aliphatic carbocycles. The summed E-state index contributed by atoms with van der Waals surface area (Å²) < 4.78 is 5.08. The summed E-state index contributed by atoms with van der Waals surface area (Å²) in [6, 6.07) is 1.88. The van der Waals surface area contributed by atoms with Crippen LogP contribution in [0.15, 0.2) is 17.6 Å². The first-order valence-corrected chi connectivity index (χ1v) is 7.28. The zero-order chi connectivity index (χ0) is 14.4. The van der Waals surface area contributed by atoms with Gasteiger partial charge < -0.3 is 15.4 Å². The Hall–Kier alpha value is -1.73. The molecule has 0 amide bonds. The Kier molecular flexibility index (Phi) is 5.25. The summed E-state index contributed by atoms with van der Waals surface area (Å²) in [6.45, 7) is 3.31. The number of aromatic nitrogens is 3. The van der Waals surface area contributed by atoms with Crippen LogP contribution < -0.4 is 10.6 Å². The average molecular weight is 293 g/mol. The molecule has 0 aliphatic rings. The van der Waals surface area contributed by atoms with Gasteiger partial charge in [0.2, 0.25) is 0 Å². The maximum absolute atomic E-state index is 5.08. The van der Waals surface area contributed by atoms with Crippen molar-refractivity contribution in [3.05, 3.63) is 28.5 Å². The first-order chi connectivity index (χ1) is 9.72. The molecule has 0 saturated carbocycles. The molecule has 0 aliphatic heterocycles. The third-order valence-corrected chi connectivity index (χ3v) is 3.77. The fourth-order valence-corrected chi connectivity index (χ4v) is 2.43. The maximum atomic E-state index is 5.08. The van der Waals surface area contributed by atoms with Gasteiger partial charge in [0.15, 0.2) is 5.82 Å². The molecule has 2 heterocycles. The fourth-order valence-electron chi connectivity index (χ4n) is 1.73. The minimum absolute atomic E-state index is 0.342. The van der Waals surface area contributed by atoms with Crippen molar-refractivity contribution in [2.24, 2.45) is 0 Å². The lowest BCUT2D eigenvalue weighted by molar-refractivity contribution is 0.178. The van der Waals surface area contributed by atoms with Gasteiger partial charge in [0, 0.05) is 44.3 Å². The fraction of sp³-hybridized carbons (Fsp3) is 0.462. The van der Waals surface area contributed by atoms with Crippen molar-refractivity contribution < 1.29 is 4.74 Å². The summed E-state index contributed by atoms with van der Waals surface area (Å²) in [5.41, 5.74) is 0. The Morgan fingerprint density at radius 3 is 2.80 bits per heavy atom. The van der Waals surface area contributed by atoms with E-state index in [1.165, 1.54) is 0 Å². The topological polar surface area (TPSA) is 72.0 Å². The van der Waals surface area contributed by atoms with Gasteiger partial charge in [0.25, 0.3) is 0 Å². The standard InChI is InChI=1S/C13H19N5OS/c1-9(13-15-4-5-20-13)7-16-11-6-10(14-2)17-12(18-11)8-19-3/h4-6,9H,7-8H2,1-3H3,(H2,14,16,17,18). The quantitative estimate of drug-likeness (QED) is 0.816. The number of rotatable bonds is 7. The first-order valence-electron chi connectivity index (χ1n) is 6.41. The molecule has 0 aromatic carbocycles. The molecule has 6 nitrogen and oxygen atoms in total. The highest BCUT2D eigenvalue weighted by Gasteiger charge is 2.09. The van der Waals surface area contributed by atoms with E-state index in [0.717, 1.165) is 23.2 Å². The van der Waals surface area contributed by atoms with Crippen molar-refractivity contribution in [1.29, 1.82) is 0 Å². The highest BCUT2D eigenvalue weighted by Crippen LogP contribution is 2.19. The number of ether oxygens (including phenoxy) is 1. The van der Waals surface area contributed by atoms with E-state index in [0.29, 0.717) is 18.3 Å². The molecule has 0 radical (unpaired) electrons. The average Bonchev–Trinajstić information content (AvgIpc) is 2.99. The molecule has 2 aromatic heterocycles. The number of nitrogens with one attached hydrogen (secondary N) is 2. The first kappa shape index (κ1) is 14.7. The second-order valence-corrected chi connectivity index (χ2v) is 5.32. The lowest BCUT2D eigenvalue weighted by atomic mass is 10.2. The predicted octanol–water partition coefficient (Wildman–Crippen LogP) is 2.34. The molecule has 2 rings (SSSR count). The summed E-state index contributed by atoms with van der Waals surface area (Å²) in [5.74, 6) is 2.56. The van der Waals surface area contributed by atoms with E-state index in [4.69, 9.17) is 4.74 Å². The van der Waals surface area contributed by atoms with Crippen LogP contribution in [-0.2, 0) is 11.3 Å². The van der Waals surface area contributed by atoms with Crippen molar-refractivity contribution in [3.8, 4) is 0 Å². The van der Waals surface area contributed by atoms with E-state index >= 15 is 0 Å². The zero-order valence-corrected chi connectivity index (χ0v) is 12.7. The number of anilines is 2. The molecule has 0 fully saturated rings. The lowest BCUT2D eigenvalue weighted by Gasteiger charge is -2.12. The second kappa shape index (κ2) is 7.16. The van der Waals surface area contributed by atoms with Crippen LogP contribution in [0.5, 0.6) is 0 Å². The van der Waals surface area contributed by atoms with Crippen molar-refractivity contribution >= 4 is 23.0 Å². The molecule has 108 valence electrons. The van der Waals surface area contributed by atoms with Crippen molar-refractivity contribution in [2.75, 3.05) is 31.3 Å². The van der Waals surface area contributed by atoms with Crippen molar-refractivity contribution in [3.63, 3.8) is 0 Å². The Balaban J connectivity index is 2.02. The van der Waals surface area contributed by atoms with E-state index in [9.17, 15) is 0 Å². The number of hydrogen-bond donors (Lipinski definition) is 2. The van der Waals surface area contributed by atoms with Gasteiger partial charge in [-0.15, -0.1) is 11.3 Å². The summed E-state index contributed by atoms with van der Waals surface area (Å²) >= 11 is 1.67. The van der Waals surface area contributed by atoms with Gasteiger partial charge in [0.05, 0.1) is 5.01 Å². The minimum Gasteiger partial charge on any atom is -0.377 e. The minimum atomic E-state index is 0.342. The van der Waals surface area contributed by atoms with E-state index in [1.807, 2.05) is 24.7 Å². The Bertz CT molecular complexity index is 532. The van der Waals surface area contributed by atoms with Crippen LogP contribution in [0.25, 0.3) is 0 Å². The van der Waals surface area contributed by atoms with Crippen LogP contribution >= 0.6 is 11.3 Å². The molecule has 0 spiro atoms. The van der Waals surface area contributed by atoms with Crippen LogP contribution in [0.4, 0.5) is 11.6 Å². The second-order valence-electron chi connectivity index (χ2n) is 4.39. The zero-order valence-electron chi connectivity index (χ0n) is 11.9. The van der Waals surface area contributed by atoms with Crippen molar-refractivity contribution in [2.45, 2.75) is 19.4 Å². The third-order valence-electron chi connectivity index (χ3n) is 2.76. The lowest BCUT2D eigenvalue weighted by Crippen LogP contribution is -2.12. The molecule has 0 saturated heterocycles. The molecule has 0 bridgehead atoms. The van der Waals surface area contributed by atoms with Crippen LogP contribution in [0, 0.1) is 0 Å². The monoisotopic (exact) mass is 293 g/mol. The number of methoxy groups -OCH3 is 1. The number of nitrogens with zero attached hydrogens (tertiary/aromatic N) is 3. The predicted molar refractivity (Wildman–Crippen MR) is 81.3 cm³/mol. The normalized spacial score (nSPS) is 12.2. The highest BCUT2D eigenvalue weighted by atomic mass is 32.1. The summed E-state index contributed by atoms with van der Waals surface area (Å²) in [5, 5.41) is 9.47. The largest absolute Gasteiger partial charge is 0.377 e. The maximum Gasteiger partial charge on any atom is 0.158 e. The van der Waals surface area contributed by atoms with E-state index < -0.39 is 0 Å². The smallest absolute Gasteiger partial charge is 0.158 e. The number of thiazole rings is 1. The van der Waals surface area contributed by atoms with Crippen LogP contribution in [0.2, 0.25) is 0 Å². The molecule has 1 unspecified atom stereocenters. The summed E-state index contributed by atoms with van der Waals surface area (Å²) in [7, 11) is 3.47. The van der Waals surface area contributed by atoms with E-state index in [1.54, 1.807) is 18.4 Å². The van der Waals surface area contributed by atoms with Gasteiger partial charge in [-0.2, -0.15) is 0 Å². The van der Waals surface area contributed by atoms with Gasteiger partial charge in [0.1, 0.15) is 18.2 Å². The number of hydrogen-bond acceptors (Lipinski definition) is 7. The van der Waals surface area contributed by atoms with Gasteiger partial charge in [-0.05, 0) is 0 Å². The van der Waals surface area contributed by atoms with Crippen LogP contribution in [0.1, 0.15) is 23.7 Å². The van der Waals surface area contributed by atoms with E-state index in [2.05, 4.69) is 32.5 Å². The Labute approximate surface area is 122 Å². The molecule has 2 aromatic rings. The van der Waals surface area contributed by atoms with Crippen LogP contribution in [-0.4, -0.2) is 35.7 Å². The van der Waals surface area contributed by atoms with E-state index in [-0.39, 0.29) is 0 Å². The third kappa shape index (κ3) is 3.88. The molecule has 7 heteroatoms. The Morgan fingerprint density at radius 1 is 1.35 bits per heavy atom. The van der Waals surface area contributed by atoms with Crippen LogP contribution in [0.3, 0.4) is 0 Å². The van der Waals surface area contributed by atoms with Gasteiger partial charge in [-0.25, -0.2) is 15.0 Å². The molecular weight excluding hydrogens is 274 g/mol. The van der Waals surface area contributed by atoms with Gasteiger partial charge >= 0.3 is 0 Å². The summed E-state index contributed by atoms with van der Waals surface area (Å²) in [6.07, 6.45) is 1.83. The Morgan fingerprint density at radius 2 is 2.15 bits per heavy atom. The molecule has 2 N–H and O–H groups in total. The van der Waals surface area contributed by atoms with Gasteiger partial charge in [-0.1, -0.05) is 6.92 Å². The SMILES string of the molecule is CNc1cc(NCC(C)c2nccs2)nc(COC)n1.